The van der Waals surface area contributed by atoms with Gasteiger partial charge in [-0.3, -0.25) is 9.52 Å². The molecule has 7 heteroatoms. The monoisotopic (exact) mass is 421 g/mol. The Bertz CT molecular complexity index is 1390. The Hall–Kier alpha value is -3.32. The summed E-state index contributed by atoms with van der Waals surface area (Å²) in [6.45, 7) is 4.75. The molecule has 4 aromatic rings. The Labute approximate surface area is 175 Å². The highest BCUT2D eigenvalue weighted by Gasteiger charge is 2.13. The molecule has 0 radical (unpaired) electrons. The quantitative estimate of drug-likeness (QED) is 0.488. The summed E-state index contributed by atoms with van der Waals surface area (Å²) >= 11 is 0. The van der Waals surface area contributed by atoms with E-state index in [2.05, 4.69) is 33.7 Å². The molecule has 0 unspecified atom stereocenters. The number of anilines is 2. The van der Waals surface area contributed by atoms with Crippen molar-refractivity contribution < 1.29 is 13.2 Å². The smallest absolute Gasteiger partial charge is 0.255 e. The minimum absolute atomic E-state index is 0.301. The van der Waals surface area contributed by atoms with Crippen LogP contribution >= 0.6 is 0 Å². The van der Waals surface area contributed by atoms with Gasteiger partial charge >= 0.3 is 0 Å². The van der Waals surface area contributed by atoms with Gasteiger partial charge in [0, 0.05) is 39.6 Å². The first-order valence-electron chi connectivity index (χ1n) is 9.67. The Morgan fingerprint density at radius 2 is 1.70 bits per heavy atom. The van der Waals surface area contributed by atoms with Crippen LogP contribution in [0.4, 0.5) is 11.4 Å². The van der Waals surface area contributed by atoms with Crippen molar-refractivity contribution in [1.82, 2.24) is 4.57 Å². The molecule has 4 rings (SSSR count). The van der Waals surface area contributed by atoms with Crippen LogP contribution in [0.2, 0.25) is 0 Å². The molecule has 0 atom stereocenters. The number of para-hydroxylation sites is 1. The van der Waals surface area contributed by atoms with Crippen LogP contribution in [0, 0.1) is 6.92 Å². The lowest BCUT2D eigenvalue weighted by molar-refractivity contribution is 0.102. The minimum atomic E-state index is -3.43. The van der Waals surface area contributed by atoms with Crippen molar-refractivity contribution in [2.24, 2.45) is 0 Å². The Morgan fingerprint density at radius 1 is 0.967 bits per heavy atom. The van der Waals surface area contributed by atoms with Gasteiger partial charge in [0.2, 0.25) is 10.0 Å². The zero-order chi connectivity index (χ0) is 21.5. The normalized spacial score (nSPS) is 11.7. The number of hydrogen-bond acceptors (Lipinski definition) is 3. The van der Waals surface area contributed by atoms with Gasteiger partial charge in [0.25, 0.3) is 5.91 Å². The molecule has 2 N–H and O–H groups in total. The highest BCUT2D eigenvalue weighted by atomic mass is 32.2. The molecular formula is C23H23N3O3S. The van der Waals surface area contributed by atoms with Gasteiger partial charge in [-0.2, -0.15) is 0 Å². The van der Waals surface area contributed by atoms with Crippen molar-refractivity contribution in [2.75, 3.05) is 16.3 Å². The molecule has 0 aliphatic carbocycles. The van der Waals surface area contributed by atoms with Crippen molar-refractivity contribution in [2.45, 2.75) is 20.4 Å². The first-order valence-corrected chi connectivity index (χ1v) is 11.6. The van der Waals surface area contributed by atoms with E-state index in [9.17, 15) is 13.2 Å². The van der Waals surface area contributed by atoms with Crippen LogP contribution in [0.3, 0.4) is 0 Å². The number of fused-ring (bicyclic) bond motifs is 3. The molecule has 0 fully saturated rings. The molecule has 0 saturated heterocycles. The molecule has 0 aliphatic rings. The van der Waals surface area contributed by atoms with Crippen LogP contribution in [0.15, 0.2) is 60.7 Å². The average molecular weight is 422 g/mol. The average Bonchev–Trinajstić information content (AvgIpc) is 3.01. The van der Waals surface area contributed by atoms with Gasteiger partial charge < -0.3 is 9.88 Å². The summed E-state index contributed by atoms with van der Waals surface area (Å²) in [4.78, 5) is 12.8. The maximum Gasteiger partial charge on any atom is 0.255 e. The van der Waals surface area contributed by atoms with E-state index >= 15 is 0 Å². The third-order valence-electron chi connectivity index (χ3n) is 5.14. The Kier molecular flexibility index (Phi) is 4.99. The predicted octanol–water partition coefficient (Wildman–Crippen LogP) is 4.75. The second-order valence-corrected chi connectivity index (χ2v) is 9.10. The van der Waals surface area contributed by atoms with E-state index < -0.39 is 10.0 Å². The van der Waals surface area contributed by atoms with E-state index in [-0.39, 0.29) is 5.91 Å². The molecule has 0 aliphatic heterocycles. The zero-order valence-electron chi connectivity index (χ0n) is 17.1. The minimum Gasteiger partial charge on any atom is -0.341 e. The number of carbonyl (C=O) groups excluding carboxylic acids is 1. The molecule has 154 valence electrons. The summed E-state index contributed by atoms with van der Waals surface area (Å²) in [6, 6.07) is 19.0. The topological polar surface area (TPSA) is 80.2 Å². The number of hydrogen-bond donors (Lipinski definition) is 2. The highest BCUT2D eigenvalue weighted by Crippen LogP contribution is 2.31. The van der Waals surface area contributed by atoms with Crippen LogP contribution in [-0.2, 0) is 16.6 Å². The molecule has 1 heterocycles. The lowest BCUT2D eigenvalue weighted by Gasteiger charge is -2.11. The number of benzene rings is 3. The van der Waals surface area contributed by atoms with E-state index in [0.29, 0.717) is 16.9 Å². The van der Waals surface area contributed by atoms with Crippen molar-refractivity contribution in [3.63, 3.8) is 0 Å². The van der Waals surface area contributed by atoms with E-state index in [0.717, 1.165) is 40.2 Å². The summed E-state index contributed by atoms with van der Waals surface area (Å²) in [6.07, 6.45) is 1.08. The molecule has 1 aromatic heterocycles. The van der Waals surface area contributed by atoms with Gasteiger partial charge in [0.1, 0.15) is 0 Å². The van der Waals surface area contributed by atoms with Crippen LogP contribution in [-0.4, -0.2) is 25.1 Å². The number of sulfonamides is 1. The predicted molar refractivity (Wildman–Crippen MR) is 123 cm³/mol. The van der Waals surface area contributed by atoms with Crippen LogP contribution in [0.5, 0.6) is 0 Å². The molecule has 1 amide bonds. The van der Waals surface area contributed by atoms with E-state index in [1.807, 2.05) is 30.3 Å². The summed E-state index contributed by atoms with van der Waals surface area (Å²) in [7, 11) is -3.43. The standard InChI is InChI=1S/C23H23N3O3S/c1-4-26-21-8-6-5-7-18(21)19-14-17(11-12-22(19)26)24-23(27)16-10-9-15(2)20(13-16)25-30(3,28)29/h5-14,25H,4H2,1-3H3,(H,24,27). The number of amides is 1. The summed E-state index contributed by atoms with van der Waals surface area (Å²) in [5, 5.41) is 5.14. The molecule has 0 bridgehead atoms. The van der Waals surface area contributed by atoms with Crippen molar-refractivity contribution in [3.05, 3.63) is 71.8 Å². The SMILES string of the molecule is CCn1c2ccccc2c2cc(NC(=O)c3ccc(C)c(NS(C)(=O)=O)c3)ccc21. The van der Waals surface area contributed by atoms with Gasteiger partial charge in [-0.05, 0) is 55.8 Å². The summed E-state index contributed by atoms with van der Waals surface area (Å²) in [5.41, 5.74) is 4.48. The molecule has 3 aromatic carbocycles. The summed E-state index contributed by atoms with van der Waals surface area (Å²) < 4.78 is 27.8. The molecule has 30 heavy (non-hydrogen) atoms. The summed E-state index contributed by atoms with van der Waals surface area (Å²) in [5.74, 6) is -0.301. The van der Waals surface area contributed by atoms with Crippen LogP contribution < -0.4 is 10.0 Å². The Balaban J connectivity index is 1.68. The fourth-order valence-corrected chi connectivity index (χ4v) is 4.37. The van der Waals surface area contributed by atoms with Gasteiger partial charge in [-0.25, -0.2) is 8.42 Å². The number of aryl methyl sites for hydroxylation is 2. The maximum atomic E-state index is 12.8. The molecule has 0 saturated carbocycles. The van der Waals surface area contributed by atoms with E-state index in [4.69, 9.17) is 0 Å². The van der Waals surface area contributed by atoms with Gasteiger partial charge in [-0.1, -0.05) is 24.3 Å². The van der Waals surface area contributed by atoms with Crippen molar-refractivity contribution in [1.29, 1.82) is 0 Å². The second-order valence-electron chi connectivity index (χ2n) is 7.35. The van der Waals surface area contributed by atoms with Gasteiger partial charge in [0.05, 0.1) is 11.9 Å². The third-order valence-corrected chi connectivity index (χ3v) is 5.73. The highest BCUT2D eigenvalue weighted by molar-refractivity contribution is 7.92. The number of carbonyl (C=O) groups is 1. The van der Waals surface area contributed by atoms with Crippen molar-refractivity contribution >= 4 is 49.1 Å². The van der Waals surface area contributed by atoms with Crippen molar-refractivity contribution in [3.8, 4) is 0 Å². The fourth-order valence-electron chi connectivity index (χ4n) is 3.75. The second kappa shape index (κ2) is 7.50. The number of rotatable bonds is 5. The van der Waals surface area contributed by atoms with E-state index in [1.54, 1.807) is 25.1 Å². The number of nitrogens with zero attached hydrogens (tertiary/aromatic N) is 1. The lowest BCUT2D eigenvalue weighted by atomic mass is 10.1. The third kappa shape index (κ3) is 3.76. The number of aromatic nitrogens is 1. The Morgan fingerprint density at radius 3 is 2.43 bits per heavy atom. The molecule has 6 nitrogen and oxygen atoms in total. The first kappa shape index (κ1) is 20.0. The maximum absolute atomic E-state index is 12.8. The van der Waals surface area contributed by atoms with Crippen LogP contribution in [0.1, 0.15) is 22.8 Å². The lowest BCUT2D eigenvalue weighted by Crippen LogP contribution is -2.14. The van der Waals surface area contributed by atoms with Gasteiger partial charge in [-0.15, -0.1) is 0 Å². The molecular weight excluding hydrogens is 398 g/mol. The first-order chi connectivity index (χ1) is 14.3. The zero-order valence-corrected chi connectivity index (χ0v) is 17.9. The largest absolute Gasteiger partial charge is 0.341 e. The van der Waals surface area contributed by atoms with Gasteiger partial charge in [0.15, 0.2) is 0 Å². The number of nitrogens with one attached hydrogen (secondary N) is 2. The molecule has 0 spiro atoms. The van der Waals surface area contributed by atoms with E-state index in [1.165, 1.54) is 0 Å². The fraction of sp³-hybridized carbons (Fsp3) is 0.174. The van der Waals surface area contributed by atoms with Crippen LogP contribution in [0.25, 0.3) is 21.8 Å².